The molecule has 1 aliphatic heterocycles. The van der Waals surface area contributed by atoms with E-state index in [9.17, 15) is 30.3 Å². The summed E-state index contributed by atoms with van der Waals surface area (Å²) in [6.07, 6.45) is 0. The minimum atomic E-state index is -0.864. The lowest BCUT2D eigenvalue weighted by atomic mass is 10.2. The molecule has 2 aromatic carbocycles. The van der Waals surface area contributed by atoms with E-state index in [1.54, 1.807) is 0 Å². The standard InChI is InChI=1S/C12H5N3O8/c16-13(17)6-4-8(15(20)21)12-10(5-6)23-11-7(14(18)19)2-1-3-9(11)22-12/h1-5H. The molecule has 0 spiro atoms. The van der Waals surface area contributed by atoms with Gasteiger partial charge in [-0.15, -0.1) is 0 Å². The molecule has 1 aliphatic rings. The number of benzene rings is 2. The van der Waals surface area contributed by atoms with Gasteiger partial charge in [0.05, 0.1) is 26.9 Å². The Bertz CT molecular complexity index is 879. The van der Waals surface area contributed by atoms with Crippen molar-refractivity contribution in [2.75, 3.05) is 0 Å². The number of nitro benzene ring substituents is 3. The van der Waals surface area contributed by atoms with Gasteiger partial charge in [-0.1, -0.05) is 6.07 Å². The zero-order valence-electron chi connectivity index (χ0n) is 11.0. The fraction of sp³-hybridized carbons (Fsp3) is 0. The maximum Gasteiger partial charge on any atom is 0.322 e. The van der Waals surface area contributed by atoms with Crippen molar-refractivity contribution >= 4 is 17.1 Å². The first-order chi connectivity index (χ1) is 10.9. The van der Waals surface area contributed by atoms with E-state index in [0.717, 1.165) is 18.2 Å². The first-order valence-electron chi connectivity index (χ1n) is 5.98. The Labute approximate surface area is 126 Å². The molecule has 23 heavy (non-hydrogen) atoms. The predicted octanol–water partition coefficient (Wildman–Crippen LogP) is 3.31. The van der Waals surface area contributed by atoms with Gasteiger partial charge in [0.2, 0.25) is 11.5 Å². The van der Waals surface area contributed by atoms with Gasteiger partial charge in [-0.25, -0.2) is 0 Å². The number of non-ortho nitro benzene ring substituents is 1. The Morgan fingerprint density at radius 3 is 1.96 bits per heavy atom. The van der Waals surface area contributed by atoms with Crippen LogP contribution >= 0.6 is 0 Å². The van der Waals surface area contributed by atoms with Crippen LogP contribution in [-0.4, -0.2) is 14.8 Å². The van der Waals surface area contributed by atoms with Crippen LogP contribution in [0.4, 0.5) is 17.1 Å². The van der Waals surface area contributed by atoms with Crippen molar-refractivity contribution < 1.29 is 24.2 Å². The molecule has 0 N–H and O–H groups in total. The molecule has 0 fully saturated rings. The number of nitrogens with zero attached hydrogens (tertiary/aromatic N) is 3. The van der Waals surface area contributed by atoms with Gasteiger partial charge in [-0.2, -0.15) is 0 Å². The van der Waals surface area contributed by atoms with Crippen molar-refractivity contribution in [3.8, 4) is 23.0 Å². The molecular weight excluding hydrogens is 314 g/mol. The van der Waals surface area contributed by atoms with Gasteiger partial charge in [0, 0.05) is 6.07 Å². The molecule has 0 radical (unpaired) electrons. The van der Waals surface area contributed by atoms with Gasteiger partial charge in [-0.3, -0.25) is 30.3 Å². The Morgan fingerprint density at radius 1 is 0.739 bits per heavy atom. The lowest BCUT2D eigenvalue weighted by Crippen LogP contribution is -2.05. The van der Waals surface area contributed by atoms with Gasteiger partial charge >= 0.3 is 11.4 Å². The highest BCUT2D eigenvalue weighted by molar-refractivity contribution is 5.69. The van der Waals surface area contributed by atoms with Crippen molar-refractivity contribution in [1.82, 2.24) is 0 Å². The van der Waals surface area contributed by atoms with Gasteiger partial charge in [0.25, 0.3) is 5.69 Å². The van der Waals surface area contributed by atoms with Crippen LogP contribution in [0.1, 0.15) is 0 Å². The second kappa shape index (κ2) is 4.91. The van der Waals surface area contributed by atoms with Crippen molar-refractivity contribution in [2.24, 2.45) is 0 Å². The van der Waals surface area contributed by atoms with Crippen LogP contribution in [0.15, 0.2) is 30.3 Å². The number of rotatable bonds is 3. The second-order valence-corrected chi connectivity index (χ2v) is 4.37. The van der Waals surface area contributed by atoms with Crippen LogP contribution in [0.2, 0.25) is 0 Å². The average molecular weight is 319 g/mol. The van der Waals surface area contributed by atoms with Crippen LogP contribution in [0.3, 0.4) is 0 Å². The van der Waals surface area contributed by atoms with Gasteiger partial charge in [-0.05, 0) is 6.07 Å². The average Bonchev–Trinajstić information content (AvgIpc) is 2.50. The van der Waals surface area contributed by atoms with Crippen molar-refractivity contribution in [3.05, 3.63) is 60.7 Å². The molecule has 0 amide bonds. The number of ether oxygens (including phenoxy) is 2. The number of para-hydroxylation sites is 1. The third-order valence-corrected chi connectivity index (χ3v) is 3.01. The maximum atomic E-state index is 11.1. The molecule has 2 aromatic rings. The summed E-state index contributed by atoms with van der Waals surface area (Å²) in [4.78, 5) is 30.5. The monoisotopic (exact) mass is 319 g/mol. The molecule has 3 rings (SSSR count). The highest BCUT2D eigenvalue weighted by atomic mass is 16.6. The largest absolute Gasteiger partial charge is 0.442 e. The molecule has 0 aromatic heterocycles. The van der Waals surface area contributed by atoms with Crippen LogP contribution in [0.5, 0.6) is 23.0 Å². The summed E-state index contributed by atoms with van der Waals surface area (Å²) < 4.78 is 10.6. The number of fused-ring (bicyclic) bond motifs is 2. The first-order valence-corrected chi connectivity index (χ1v) is 5.98. The molecular formula is C12H5N3O8. The lowest BCUT2D eigenvalue weighted by Gasteiger charge is -2.19. The smallest absolute Gasteiger partial charge is 0.322 e. The zero-order chi connectivity index (χ0) is 16.7. The number of nitro groups is 3. The van der Waals surface area contributed by atoms with E-state index in [1.165, 1.54) is 12.1 Å². The Morgan fingerprint density at radius 2 is 1.35 bits per heavy atom. The lowest BCUT2D eigenvalue weighted by molar-refractivity contribution is -0.394. The van der Waals surface area contributed by atoms with Crippen molar-refractivity contribution in [3.63, 3.8) is 0 Å². The molecule has 11 nitrogen and oxygen atoms in total. The molecule has 0 bridgehead atoms. The quantitative estimate of drug-likeness (QED) is 0.527. The topological polar surface area (TPSA) is 148 Å². The highest BCUT2D eigenvalue weighted by Gasteiger charge is 2.34. The fourth-order valence-corrected chi connectivity index (χ4v) is 2.04. The summed E-state index contributed by atoms with van der Waals surface area (Å²) in [7, 11) is 0. The molecule has 116 valence electrons. The number of hydrogen-bond acceptors (Lipinski definition) is 8. The highest BCUT2D eigenvalue weighted by Crippen LogP contribution is 2.53. The van der Waals surface area contributed by atoms with Crippen molar-refractivity contribution in [2.45, 2.75) is 0 Å². The van der Waals surface area contributed by atoms with Crippen LogP contribution < -0.4 is 9.47 Å². The van der Waals surface area contributed by atoms with Crippen LogP contribution in [0, 0.1) is 30.3 Å². The third kappa shape index (κ3) is 2.25. The van der Waals surface area contributed by atoms with E-state index in [2.05, 4.69) is 0 Å². The van der Waals surface area contributed by atoms with E-state index >= 15 is 0 Å². The molecule has 0 saturated carbocycles. The van der Waals surface area contributed by atoms with E-state index in [0.29, 0.717) is 0 Å². The van der Waals surface area contributed by atoms with E-state index in [4.69, 9.17) is 9.47 Å². The second-order valence-electron chi connectivity index (χ2n) is 4.37. The number of hydrogen-bond donors (Lipinski definition) is 0. The fourth-order valence-electron chi connectivity index (χ4n) is 2.04. The molecule has 1 heterocycles. The Kier molecular flexibility index (Phi) is 3.03. The molecule has 11 heteroatoms. The van der Waals surface area contributed by atoms with E-state index in [1.807, 2.05) is 0 Å². The Balaban J connectivity index is 2.21. The summed E-state index contributed by atoms with van der Waals surface area (Å²) in [5.74, 6) is -1.07. The summed E-state index contributed by atoms with van der Waals surface area (Å²) in [6, 6.07) is 5.43. The van der Waals surface area contributed by atoms with Crippen LogP contribution in [0.25, 0.3) is 0 Å². The summed E-state index contributed by atoms with van der Waals surface area (Å²) in [5, 5.41) is 32.9. The minimum absolute atomic E-state index is 0.0938. The maximum absolute atomic E-state index is 11.1. The summed E-state index contributed by atoms with van der Waals surface area (Å²) >= 11 is 0. The summed E-state index contributed by atoms with van der Waals surface area (Å²) in [6.45, 7) is 0. The predicted molar refractivity (Wildman–Crippen MR) is 73.0 cm³/mol. The summed E-state index contributed by atoms with van der Waals surface area (Å²) in [5.41, 5.74) is -1.70. The SMILES string of the molecule is O=[N+]([O-])c1cc2c(c([N+](=O)[O-])c1)Oc1cccc([N+](=O)[O-])c1O2. The van der Waals surface area contributed by atoms with Gasteiger partial charge in [0.1, 0.15) is 0 Å². The van der Waals surface area contributed by atoms with E-state index < -0.39 is 31.8 Å². The van der Waals surface area contributed by atoms with Crippen LogP contribution in [-0.2, 0) is 0 Å². The Hall–Kier alpha value is -3.76. The van der Waals surface area contributed by atoms with Gasteiger partial charge in [0.15, 0.2) is 11.5 Å². The molecule has 0 aliphatic carbocycles. The van der Waals surface area contributed by atoms with Gasteiger partial charge < -0.3 is 9.47 Å². The third-order valence-electron chi connectivity index (χ3n) is 3.01. The first kappa shape index (κ1) is 14.2. The molecule has 0 unspecified atom stereocenters. The molecule has 0 saturated heterocycles. The molecule has 0 atom stereocenters. The normalized spacial score (nSPS) is 11.5. The van der Waals surface area contributed by atoms with E-state index in [-0.39, 0.29) is 23.0 Å². The zero-order valence-corrected chi connectivity index (χ0v) is 11.0. The van der Waals surface area contributed by atoms with Crippen molar-refractivity contribution in [1.29, 1.82) is 0 Å². The minimum Gasteiger partial charge on any atom is -0.442 e.